The van der Waals surface area contributed by atoms with Crippen LogP contribution in [0.2, 0.25) is 10.0 Å². The van der Waals surface area contributed by atoms with Crippen LogP contribution in [0.1, 0.15) is 19.3 Å². The van der Waals surface area contributed by atoms with Crippen molar-refractivity contribution in [2.45, 2.75) is 19.3 Å². The smallest absolute Gasteiger partial charge is 0.162 e. The summed E-state index contributed by atoms with van der Waals surface area (Å²) in [6, 6.07) is 13.7. The Morgan fingerprint density at radius 3 is 2.42 bits per heavy atom. The van der Waals surface area contributed by atoms with Crippen LogP contribution in [0.15, 0.2) is 42.5 Å². The summed E-state index contributed by atoms with van der Waals surface area (Å²) < 4.78 is 0. The van der Waals surface area contributed by atoms with Gasteiger partial charge in [0.05, 0.1) is 15.6 Å². The van der Waals surface area contributed by atoms with Crippen LogP contribution in [-0.2, 0) is 0 Å². The summed E-state index contributed by atoms with van der Waals surface area (Å²) in [6.07, 6.45) is 3.71. The highest BCUT2D eigenvalue weighted by Crippen LogP contribution is 2.31. The van der Waals surface area contributed by atoms with Gasteiger partial charge in [-0.3, -0.25) is 0 Å². The molecular weight excluding hydrogens is 341 g/mol. The third-order valence-electron chi connectivity index (χ3n) is 4.42. The Morgan fingerprint density at radius 1 is 0.833 bits per heavy atom. The Morgan fingerprint density at radius 2 is 1.62 bits per heavy atom. The van der Waals surface area contributed by atoms with Crippen molar-refractivity contribution in [1.29, 1.82) is 0 Å². The Bertz CT molecular complexity index is 889. The first-order valence-electron chi connectivity index (χ1n) is 8.19. The van der Waals surface area contributed by atoms with Crippen LogP contribution in [0.25, 0.3) is 22.3 Å². The van der Waals surface area contributed by atoms with Crippen LogP contribution >= 0.6 is 23.2 Å². The molecule has 1 aliphatic heterocycles. The number of benzene rings is 2. The van der Waals surface area contributed by atoms with E-state index in [1.54, 1.807) is 6.07 Å². The van der Waals surface area contributed by atoms with Gasteiger partial charge in [0.1, 0.15) is 5.82 Å². The van der Waals surface area contributed by atoms with Crippen LogP contribution in [0, 0.1) is 0 Å². The average molecular weight is 358 g/mol. The molecule has 1 saturated heterocycles. The summed E-state index contributed by atoms with van der Waals surface area (Å²) in [6.45, 7) is 2.09. The second kappa shape index (κ2) is 6.58. The van der Waals surface area contributed by atoms with E-state index in [9.17, 15) is 0 Å². The van der Waals surface area contributed by atoms with Crippen molar-refractivity contribution in [3.05, 3.63) is 52.5 Å². The van der Waals surface area contributed by atoms with Gasteiger partial charge < -0.3 is 4.90 Å². The second-order valence-electron chi connectivity index (χ2n) is 6.06. The minimum absolute atomic E-state index is 0.519. The molecule has 1 aliphatic rings. The molecule has 2 aromatic carbocycles. The van der Waals surface area contributed by atoms with Crippen LogP contribution in [-0.4, -0.2) is 23.1 Å². The van der Waals surface area contributed by atoms with Gasteiger partial charge in [0.15, 0.2) is 5.82 Å². The molecule has 0 unspecified atom stereocenters. The van der Waals surface area contributed by atoms with E-state index in [0.29, 0.717) is 15.9 Å². The first-order chi connectivity index (χ1) is 11.7. The molecular formula is C19H17Cl2N3. The van der Waals surface area contributed by atoms with Gasteiger partial charge in [-0.25, -0.2) is 9.97 Å². The third kappa shape index (κ3) is 2.94. The highest BCUT2D eigenvalue weighted by atomic mass is 35.5. The van der Waals surface area contributed by atoms with E-state index in [-0.39, 0.29) is 0 Å². The van der Waals surface area contributed by atoms with Gasteiger partial charge in [-0.2, -0.15) is 0 Å². The van der Waals surface area contributed by atoms with Crippen LogP contribution in [0.4, 0.5) is 5.82 Å². The van der Waals surface area contributed by atoms with Crippen molar-refractivity contribution in [2.75, 3.05) is 18.0 Å². The SMILES string of the molecule is Clc1ccc(-c2nc(N3CCCCC3)c3ccccc3n2)cc1Cl. The van der Waals surface area contributed by atoms with Gasteiger partial charge in [0.25, 0.3) is 0 Å². The average Bonchev–Trinajstić information content (AvgIpc) is 2.64. The van der Waals surface area contributed by atoms with E-state index in [2.05, 4.69) is 11.0 Å². The van der Waals surface area contributed by atoms with Crippen LogP contribution in [0.5, 0.6) is 0 Å². The van der Waals surface area contributed by atoms with E-state index in [1.807, 2.05) is 30.3 Å². The lowest BCUT2D eigenvalue weighted by Gasteiger charge is -2.29. The van der Waals surface area contributed by atoms with Gasteiger partial charge in [0, 0.05) is 24.0 Å². The van der Waals surface area contributed by atoms with Crippen molar-refractivity contribution in [1.82, 2.24) is 9.97 Å². The fraction of sp³-hybridized carbons (Fsp3) is 0.263. The predicted molar refractivity (Wildman–Crippen MR) is 101 cm³/mol. The zero-order valence-electron chi connectivity index (χ0n) is 13.2. The number of nitrogens with zero attached hydrogens (tertiary/aromatic N) is 3. The molecule has 0 radical (unpaired) electrons. The lowest BCUT2D eigenvalue weighted by atomic mass is 10.1. The number of rotatable bonds is 2. The Kier molecular flexibility index (Phi) is 4.30. The summed E-state index contributed by atoms with van der Waals surface area (Å²) in [5.74, 6) is 1.70. The van der Waals surface area contributed by atoms with Gasteiger partial charge in [0.2, 0.25) is 0 Å². The molecule has 122 valence electrons. The number of halogens is 2. The maximum absolute atomic E-state index is 6.17. The molecule has 1 fully saturated rings. The molecule has 0 aliphatic carbocycles. The molecule has 2 heterocycles. The van der Waals surface area contributed by atoms with Gasteiger partial charge in [-0.1, -0.05) is 35.3 Å². The minimum Gasteiger partial charge on any atom is -0.356 e. The number of anilines is 1. The fourth-order valence-corrected chi connectivity index (χ4v) is 3.47. The zero-order valence-corrected chi connectivity index (χ0v) is 14.7. The van der Waals surface area contributed by atoms with Crippen molar-refractivity contribution in [3.8, 4) is 11.4 Å². The molecule has 0 amide bonds. The third-order valence-corrected chi connectivity index (χ3v) is 5.16. The molecule has 3 nitrogen and oxygen atoms in total. The molecule has 5 heteroatoms. The van der Waals surface area contributed by atoms with Gasteiger partial charge in [-0.15, -0.1) is 0 Å². The van der Waals surface area contributed by atoms with Crippen molar-refractivity contribution in [2.24, 2.45) is 0 Å². The van der Waals surface area contributed by atoms with E-state index in [0.717, 1.165) is 35.4 Å². The Labute approximate surface area is 151 Å². The fourth-order valence-electron chi connectivity index (χ4n) is 3.17. The maximum Gasteiger partial charge on any atom is 0.162 e. The van der Waals surface area contributed by atoms with Crippen LogP contribution in [0.3, 0.4) is 0 Å². The standard InChI is InChI=1S/C19H17Cl2N3/c20-15-9-8-13(12-16(15)21)18-22-17-7-3-2-6-14(17)19(23-18)24-10-4-1-5-11-24/h2-3,6-9,12H,1,4-5,10-11H2. The summed E-state index contributed by atoms with van der Waals surface area (Å²) in [5.41, 5.74) is 1.84. The van der Waals surface area contributed by atoms with E-state index < -0.39 is 0 Å². The van der Waals surface area contributed by atoms with E-state index in [4.69, 9.17) is 33.2 Å². The molecule has 0 spiro atoms. The highest BCUT2D eigenvalue weighted by molar-refractivity contribution is 6.42. The van der Waals surface area contributed by atoms with Crippen LogP contribution < -0.4 is 4.90 Å². The normalized spacial score (nSPS) is 15.0. The summed E-state index contributed by atoms with van der Waals surface area (Å²) in [7, 11) is 0. The molecule has 0 atom stereocenters. The van der Waals surface area contributed by atoms with E-state index >= 15 is 0 Å². The summed E-state index contributed by atoms with van der Waals surface area (Å²) in [4.78, 5) is 12.0. The molecule has 0 bridgehead atoms. The number of para-hydroxylation sites is 1. The topological polar surface area (TPSA) is 29.0 Å². The molecule has 4 rings (SSSR count). The number of piperidine rings is 1. The molecule has 0 N–H and O–H groups in total. The van der Waals surface area contributed by atoms with Crippen molar-refractivity contribution < 1.29 is 0 Å². The van der Waals surface area contributed by atoms with Crippen molar-refractivity contribution >= 4 is 39.9 Å². The maximum atomic E-state index is 6.17. The lowest BCUT2D eigenvalue weighted by molar-refractivity contribution is 0.575. The number of hydrogen-bond acceptors (Lipinski definition) is 3. The zero-order chi connectivity index (χ0) is 16.5. The molecule has 1 aromatic heterocycles. The molecule has 0 saturated carbocycles. The van der Waals surface area contributed by atoms with Crippen molar-refractivity contribution in [3.63, 3.8) is 0 Å². The minimum atomic E-state index is 0.519. The summed E-state index contributed by atoms with van der Waals surface area (Å²) in [5, 5.41) is 2.16. The first kappa shape index (κ1) is 15.7. The number of fused-ring (bicyclic) bond motifs is 1. The highest BCUT2D eigenvalue weighted by Gasteiger charge is 2.17. The second-order valence-corrected chi connectivity index (χ2v) is 6.88. The monoisotopic (exact) mass is 357 g/mol. The van der Waals surface area contributed by atoms with Gasteiger partial charge in [-0.05, 0) is 49.6 Å². The van der Waals surface area contributed by atoms with Gasteiger partial charge >= 0.3 is 0 Å². The first-order valence-corrected chi connectivity index (χ1v) is 8.95. The predicted octanol–water partition coefficient (Wildman–Crippen LogP) is 5.59. The quantitative estimate of drug-likeness (QED) is 0.598. The molecule has 24 heavy (non-hydrogen) atoms. The Balaban J connectivity index is 1.88. The summed E-state index contributed by atoms with van der Waals surface area (Å²) >= 11 is 12.2. The molecule has 3 aromatic rings. The van der Waals surface area contributed by atoms with E-state index in [1.165, 1.54) is 19.3 Å². The lowest BCUT2D eigenvalue weighted by Crippen LogP contribution is -2.30. The largest absolute Gasteiger partial charge is 0.356 e. The number of hydrogen-bond donors (Lipinski definition) is 0. The Hall–Kier alpha value is -1.84. The number of aromatic nitrogens is 2.